The van der Waals surface area contributed by atoms with E-state index in [1.165, 1.54) is 58.8 Å². The van der Waals surface area contributed by atoms with Crippen LogP contribution in [-0.2, 0) is 0 Å². The Balaban J connectivity index is 1.70. The Morgan fingerprint density at radius 3 is 1.95 bits per heavy atom. The monoisotopic (exact) mass is 267 g/mol. The van der Waals surface area contributed by atoms with Crippen molar-refractivity contribution >= 4 is 0 Å². The van der Waals surface area contributed by atoms with Crippen molar-refractivity contribution in [1.82, 2.24) is 14.7 Å². The first-order valence-corrected chi connectivity index (χ1v) is 8.23. The molecule has 0 bridgehead atoms. The lowest BCUT2D eigenvalue weighted by atomic mass is 10.1. The fourth-order valence-corrected chi connectivity index (χ4v) is 3.62. The molecule has 0 unspecified atom stereocenters. The van der Waals surface area contributed by atoms with Crippen LogP contribution in [0.15, 0.2) is 0 Å². The molecule has 0 saturated carbocycles. The largest absolute Gasteiger partial charge is 0.301 e. The highest BCUT2D eigenvalue weighted by atomic mass is 15.3. The van der Waals surface area contributed by atoms with Gasteiger partial charge < -0.3 is 9.80 Å². The van der Waals surface area contributed by atoms with Gasteiger partial charge in [-0.3, -0.25) is 4.90 Å². The second-order valence-electron chi connectivity index (χ2n) is 7.33. The van der Waals surface area contributed by atoms with Gasteiger partial charge >= 0.3 is 0 Å². The van der Waals surface area contributed by atoms with Gasteiger partial charge in [-0.05, 0) is 24.8 Å². The summed E-state index contributed by atoms with van der Waals surface area (Å²) in [6, 6.07) is 0.833. The molecule has 0 N–H and O–H groups in total. The van der Waals surface area contributed by atoms with Crippen LogP contribution in [0.4, 0.5) is 0 Å². The van der Waals surface area contributed by atoms with Crippen molar-refractivity contribution in [2.24, 2.45) is 11.8 Å². The van der Waals surface area contributed by atoms with Crippen LogP contribution in [-0.4, -0.2) is 73.1 Å². The van der Waals surface area contributed by atoms with Crippen molar-refractivity contribution in [3.8, 4) is 0 Å². The molecule has 2 heterocycles. The molecule has 2 rings (SSSR count). The second-order valence-corrected chi connectivity index (χ2v) is 7.33. The van der Waals surface area contributed by atoms with E-state index < -0.39 is 0 Å². The molecule has 0 aromatic rings. The molecule has 0 aliphatic carbocycles. The van der Waals surface area contributed by atoms with Crippen molar-refractivity contribution in [2.45, 2.75) is 40.2 Å². The summed E-state index contributed by atoms with van der Waals surface area (Å²) in [7, 11) is 0. The first kappa shape index (κ1) is 15.3. The number of nitrogens with zero attached hydrogens (tertiary/aromatic N) is 3. The van der Waals surface area contributed by atoms with Gasteiger partial charge in [0, 0.05) is 51.9 Å². The Kier molecular flexibility index (Phi) is 5.67. The zero-order chi connectivity index (χ0) is 13.8. The molecule has 0 spiro atoms. The van der Waals surface area contributed by atoms with E-state index in [0.717, 1.165) is 17.9 Å². The van der Waals surface area contributed by atoms with E-state index in [1.807, 2.05) is 0 Å². The SMILES string of the molecule is CC(C)CN1CCN([C@@H]2CCN(CC(C)C)C2)CC1. The van der Waals surface area contributed by atoms with Crippen LogP contribution in [0.2, 0.25) is 0 Å². The third kappa shape index (κ3) is 4.73. The highest BCUT2D eigenvalue weighted by Crippen LogP contribution is 2.18. The summed E-state index contributed by atoms with van der Waals surface area (Å²) in [5.74, 6) is 1.61. The van der Waals surface area contributed by atoms with Crippen molar-refractivity contribution in [2.75, 3.05) is 52.4 Å². The average Bonchev–Trinajstić information content (AvgIpc) is 2.76. The highest BCUT2D eigenvalue weighted by Gasteiger charge is 2.29. The van der Waals surface area contributed by atoms with Crippen molar-refractivity contribution in [1.29, 1.82) is 0 Å². The van der Waals surface area contributed by atoms with E-state index in [2.05, 4.69) is 42.4 Å². The Morgan fingerprint density at radius 1 is 0.789 bits per heavy atom. The summed E-state index contributed by atoms with van der Waals surface area (Å²) in [4.78, 5) is 8.05. The molecule has 2 aliphatic heterocycles. The van der Waals surface area contributed by atoms with Crippen LogP contribution in [0.25, 0.3) is 0 Å². The topological polar surface area (TPSA) is 9.72 Å². The van der Waals surface area contributed by atoms with E-state index >= 15 is 0 Å². The summed E-state index contributed by atoms with van der Waals surface area (Å²) in [5.41, 5.74) is 0. The number of rotatable bonds is 5. The van der Waals surface area contributed by atoms with Gasteiger partial charge in [-0.25, -0.2) is 0 Å². The number of piperazine rings is 1. The van der Waals surface area contributed by atoms with Crippen LogP contribution in [0.5, 0.6) is 0 Å². The predicted octanol–water partition coefficient (Wildman–Crippen LogP) is 1.99. The summed E-state index contributed by atoms with van der Waals surface area (Å²) < 4.78 is 0. The normalized spacial score (nSPS) is 27.8. The van der Waals surface area contributed by atoms with Gasteiger partial charge in [0.1, 0.15) is 0 Å². The second kappa shape index (κ2) is 7.05. The van der Waals surface area contributed by atoms with Gasteiger partial charge in [0.15, 0.2) is 0 Å². The predicted molar refractivity (Wildman–Crippen MR) is 82.5 cm³/mol. The molecule has 0 aromatic carbocycles. The van der Waals surface area contributed by atoms with Crippen LogP contribution >= 0.6 is 0 Å². The van der Waals surface area contributed by atoms with Gasteiger partial charge in [0.2, 0.25) is 0 Å². The van der Waals surface area contributed by atoms with E-state index in [4.69, 9.17) is 0 Å². The molecular weight excluding hydrogens is 234 g/mol. The maximum absolute atomic E-state index is 2.75. The fourth-order valence-electron chi connectivity index (χ4n) is 3.62. The quantitative estimate of drug-likeness (QED) is 0.754. The maximum atomic E-state index is 2.75. The Labute approximate surface area is 119 Å². The van der Waals surface area contributed by atoms with Gasteiger partial charge in [0.25, 0.3) is 0 Å². The van der Waals surface area contributed by atoms with E-state index in [0.29, 0.717) is 0 Å². The van der Waals surface area contributed by atoms with Crippen LogP contribution in [0.3, 0.4) is 0 Å². The lowest BCUT2D eigenvalue weighted by Crippen LogP contribution is -2.51. The molecular formula is C16H33N3. The minimum atomic E-state index is 0.805. The average molecular weight is 267 g/mol. The molecule has 2 saturated heterocycles. The molecule has 0 aromatic heterocycles. The number of hydrogen-bond acceptors (Lipinski definition) is 3. The summed E-state index contributed by atoms with van der Waals surface area (Å²) in [6.07, 6.45) is 1.39. The minimum Gasteiger partial charge on any atom is -0.301 e. The van der Waals surface area contributed by atoms with Crippen molar-refractivity contribution in [3.63, 3.8) is 0 Å². The van der Waals surface area contributed by atoms with Gasteiger partial charge in [-0.2, -0.15) is 0 Å². The van der Waals surface area contributed by atoms with Gasteiger partial charge in [0.05, 0.1) is 0 Å². The van der Waals surface area contributed by atoms with Crippen LogP contribution < -0.4 is 0 Å². The van der Waals surface area contributed by atoms with Crippen molar-refractivity contribution in [3.05, 3.63) is 0 Å². The standard InChI is InChI=1S/C16H33N3/c1-14(2)11-17-7-9-19(10-8-17)16-5-6-18(13-16)12-15(3)4/h14-16H,5-13H2,1-4H3/t16-/m1/s1. The molecule has 2 aliphatic rings. The molecule has 0 amide bonds. The van der Waals surface area contributed by atoms with Crippen LogP contribution in [0, 0.1) is 11.8 Å². The summed E-state index contributed by atoms with van der Waals surface area (Å²) >= 11 is 0. The number of likely N-dealkylation sites (tertiary alicyclic amines) is 1. The van der Waals surface area contributed by atoms with Gasteiger partial charge in [-0.1, -0.05) is 27.7 Å². The van der Waals surface area contributed by atoms with Crippen molar-refractivity contribution < 1.29 is 0 Å². The Hall–Kier alpha value is -0.120. The smallest absolute Gasteiger partial charge is 0.0236 e. The zero-order valence-corrected chi connectivity index (χ0v) is 13.4. The van der Waals surface area contributed by atoms with Crippen LogP contribution in [0.1, 0.15) is 34.1 Å². The lowest BCUT2D eigenvalue weighted by molar-refractivity contribution is 0.0901. The molecule has 112 valence electrons. The van der Waals surface area contributed by atoms with E-state index in [-0.39, 0.29) is 0 Å². The molecule has 1 atom stereocenters. The fraction of sp³-hybridized carbons (Fsp3) is 1.00. The first-order chi connectivity index (χ1) is 9.04. The van der Waals surface area contributed by atoms with Gasteiger partial charge in [-0.15, -0.1) is 0 Å². The molecule has 2 fully saturated rings. The molecule has 3 nitrogen and oxygen atoms in total. The molecule has 3 heteroatoms. The summed E-state index contributed by atoms with van der Waals surface area (Å²) in [5, 5.41) is 0. The maximum Gasteiger partial charge on any atom is 0.0236 e. The third-order valence-corrected chi connectivity index (χ3v) is 4.42. The Bertz CT molecular complexity index is 257. The Morgan fingerprint density at radius 2 is 1.37 bits per heavy atom. The molecule has 19 heavy (non-hydrogen) atoms. The number of hydrogen-bond donors (Lipinski definition) is 0. The third-order valence-electron chi connectivity index (χ3n) is 4.42. The minimum absolute atomic E-state index is 0.805. The highest BCUT2D eigenvalue weighted by molar-refractivity contribution is 4.86. The van der Waals surface area contributed by atoms with E-state index in [1.54, 1.807) is 0 Å². The lowest BCUT2D eigenvalue weighted by Gasteiger charge is -2.38. The molecule has 0 radical (unpaired) electrons. The first-order valence-electron chi connectivity index (χ1n) is 8.23. The summed E-state index contributed by atoms with van der Waals surface area (Å²) in [6.45, 7) is 19.6. The van der Waals surface area contributed by atoms with E-state index in [9.17, 15) is 0 Å². The zero-order valence-electron chi connectivity index (χ0n) is 13.4.